The van der Waals surface area contributed by atoms with E-state index < -0.39 is 0 Å². The van der Waals surface area contributed by atoms with Crippen LogP contribution in [0.4, 0.5) is 0 Å². The van der Waals surface area contributed by atoms with Crippen LogP contribution in [0.3, 0.4) is 0 Å². The van der Waals surface area contributed by atoms with Crippen molar-refractivity contribution in [2.75, 3.05) is 13.7 Å². The molecule has 0 aliphatic rings. The molecule has 1 aromatic carbocycles. The van der Waals surface area contributed by atoms with E-state index in [1.54, 1.807) is 7.11 Å². The summed E-state index contributed by atoms with van der Waals surface area (Å²) in [6.07, 6.45) is 0.145. The Balaban J connectivity index is 2.83. The van der Waals surface area contributed by atoms with Crippen LogP contribution in [0.2, 0.25) is 5.02 Å². The van der Waals surface area contributed by atoms with Crippen LogP contribution in [-0.2, 0) is 4.74 Å². The van der Waals surface area contributed by atoms with Gasteiger partial charge in [-0.05, 0) is 31.2 Å². The summed E-state index contributed by atoms with van der Waals surface area (Å²) in [7, 11) is 1.73. The van der Waals surface area contributed by atoms with Crippen LogP contribution in [0.25, 0.3) is 0 Å². The highest BCUT2D eigenvalue weighted by molar-refractivity contribution is 6.30. The Bertz CT molecular complexity index is 286. The minimum Gasteiger partial charge on any atom is -0.380 e. The summed E-state index contributed by atoms with van der Waals surface area (Å²) in [4.78, 5) is 0. The smallest absolute Gasteiger partial charge is 0.0737 e. The molecule has 3 heteroatoms. The van der Waals surface area contributed by atoms with Gasteiger partial charge in [0, 0.05) is 12.1 Å². The van der Waals surface area contributed by atoms with Gasteiger partial charge in [-0.25, -0.2) is 0 Å². The Morgan fingerprint density at radius 1 is 1.33 bits per heavy atom. The molecule has 0 spiro atoms. The molecule has 0 saturated carbocycles. The zero-order chi connectivity index (χ0) is 11.3. The van der Waals surface area contributed by atoms with Gasteiger partial charge in [0.2, 0.25) is 0 Å². The predicted molar refractivity (Wildman–Crippen MR) is 64.3 cm³/mol. The molecule has 2 nitrogen and oxygen atoms in total. The summed E-state index contributed by atoms with van der Waals surface area (Å²) in [5.41, 5.74) is 1.20. The van der Waals surface area contributed by atoms with Gasteiger partial charge < -0.3 is 10.1 Å². The van der Waals surface area contributed by atoms with E-state index in [1.807, 2.05) is 24.3 Å². The van der Waals surface area contributed by atoms with Gasteiger partial charge in [0.15, 0.2) is 0 Å². The van der Waals surface area contributed by atoms with Crippen molar-refractivity contribution >= 4 is 11.6 Å². The molecule has 15 heavy (non-hydrogen) atoms. The maximum absolute atomic E-state index is 5.86. The first-order valence-corrected chi connectivity index (χ1v) is 5.58. The van der Waals surface area contributed by atoms with Crippen LogP contribution in [-0.4, -0.2) is 19.8 Å². The fourth-order valence-electron chi connectivity index (χ4n) is 1.58. The number of nitrogens with one attached hydrogen (secondary N) is 1. The second-order valence-electron chi connectivity index (χ2n) is 3.53. The third-order valence-corrected chi connectivity index (χ3v) is 2.75. The lowest BCUT2D eigenvalue weighted by atomic mass is 10.0. The van der Waals surface area contributed by atoms with E-state index >= 15 is 0 Å². The first-order valence-electron chi connectivity index (χ1n) is 5.20. The number of hydrogen-bond acceptors (Lipinski definition) is 2. The van der Waals surface area contributed by atoms with Crippen molar-refractivity contribution in [3.8, 4) is 0 Å². The molecule has 1 rings (SSSR count). The van der Waals surface area contributed by atoms with E-state index in [0.717, 1.165) is 11.6 Å². The molecule has 0 aliphatic heterocycles. The Hall–Kier alpha value is -0.570. The van der Waals surface area contributed by atoms with Crippen molar-refractivity contribution in [2.24, 2.45) is 0 Å². The molecule has 2 unspecified atom stereocenters. The quantitative estimate of drug-likeness (QED) is 0.835. The molecule has 0 bridgehead atoms. The molecule has 1 N–H and O–H groups in total. The summed E-state index contributed by atoms with van der Waals surface area (Å²) < 4.78 is 5.35. The second-order valence-corrected chi connectivity index (χ2v) is 3.96. The minimum absolute atomic E-state index is 0.145. The Morgan fingerprint density at radius 2 is 1.93 bits per heavy atom. The van der Waals surface area contributed by atoms with Crippen LogP contribution >= 0.6 is 11.6 Å². The lowest BCUT2D eigenvalue weighted by Gasteiger charge is -2.24. The van der Waals surface area contributed by atoms with Gasteiger partial charge in [0.05, 0.1) is 12.1 Å². The van der Waals surface area contributed by atoms with Crippen LogP contribution in [0.15, 0.2) is 24.3 Å². The summed E-state index contributed by atoms with van der Waals surface area (Å²) in [6, 6.07) is 8.10. The fourth-order valence-corrected chi connectivity index (χ4v) is 1.71. The van der Waals surface area contributed by atoms with E-state index in [9.17, 15) is 0 Å². The monoisotopic (exact) mass is 227 g/mol. The highest BCUT2D eigenvalue weighted by Gasteiger charge is 2.17. The van der Waals surface area contributed by atoms with Gasteiger partial charge in [-0.3, -0.25) is 0 Å². The number of benzene rings is 1. The summed E-state index contributed by atoms with van der Waals surface area (Å²) in [6.45, 7) is 5.06. The highest BCUT2D eigenvalue weighted by atomic mass is 35.5. The first kappa shape index (κ1) is 12.5. The Labute approximate surface area is 96.6 Å². The molecule has 1 aromatic rings. The van der Waals surface area contributed by atoms with Crippen LogP contribution in [0.1, 0.15) is 25.5 Å². The van der Waals surface area contributed by atoms with Crippen LogP contribution in [0, 0.1) is 0 Å². The van der Waals surface area contributed by atoms with Gasteiger partial charge >= 0.3 is 0 Å². The zero-order valence-corrected chi connectivity index (χ0v) is 10.2. The maximum atomic E-state index is 5.86. The molecule has 84 valence electrons. The lowest BCUT2D eigenvalue weighted by molar-refractivity contribution is 0.0836. The lowest BCUT2D eigenvalue weighted by Crippen LogP contribution is -2.31. The maximum Gasteiger partial charge on any atom is 0.0737 e. The van der Waals surface area contributed by atoms with E-state index in [2.05, 4.69) is 19.2 Å². The normalized spacial score (nSPS) is 14.9. The standard InChI is InChI=1S/C12H18ClNO/c1-4-14-12(9(2)15-3)10-5-7-11(13)8-6-10/h5-9,12,14H,4H2,1-3H3. The van der Waals surface area contributed by atoms with Crippen LogP contribution < -0.4 is 5.32 Å². The second kappa shape index (κ2) is 6.11. The summed E-state index contributed by atoms with van der Waals surface area (Å²) in [5.74, 6) is 0. The van der Waals surface area contributed by atoms with Crippen molar-refractivity contribution in [3.05, 3.63) is 34.9 Å². The predicted octanol–water partition coefficient (Wildman–Crippen LogP) is 3.03. The minimum atomic E-state index is 0.145. The molecule has 2 atom stereocenters. The molecule has 0 fully saturated rings. The number of ether oxygens (including phenoxy) is 1. The van der Waals surface area contributed by atoms with Crippen molar-refractivity contribution in [3.63, 3.8) is 0 Å². The molecule has 0 amide bonds. The number of halogens is 1. The molecular weight excluding hydrogens is 210 g/mol. The van der Waals surface area contributed by atoms with Crippen molar-refractivity contribution in [1.29, 1.82) is 0 Å². The van der Waals surface area contributed by atoms with Crippen LogP contribution in [0.5, 0.6) is 0 Å². The van der Waals surface area contributed by atoms with Crippen molar-refractivity contribution in [1.82, 2.24) is 5.32 Å². The fraction of sp³-hybridized carbons (Fsp3) is 0.500. The largest absolute Gasteiger partial charge is 0.380 e. The Kier molecular flexibility index (Phi) is 5.09. The third kappa shape index (κ3) is 3.49. The van der Waals surface area contributed by atoms with E-state index in [1.165, 1.54) is 5.56 Å². The highest BCUT2D eigenvalue weighted by Crippen LogP contribution is 2.20. The number of hydrogen-bond donors (Lipinski definition) is 1. The number of methoxy groups -OCH3 is 1. The van der Waals surface area contributed by atoms with E-state index in [4.69, 9.17) is 16.3 Å². The van der Waals surface area contributed by atoms with E-state index in [-0.39, 0.29) is 12.1 Å². The van der Waals surface area contributed by atoms with Crippen molar-refractivity contribution < 1.29 is 4.74 Å². The molecule has 0 aromatic heterocycles. The first-order chi connectivity index (χ1) is 7.19. The summed E-state index contributed by atoms with van der Waals surface area (Å²) >= 11 is 5.86. The average Bonchev–Trinajstić information content (AvgIpc) is 2.26. The average molecular weight is 228 g/mol. The molecular formula is C12H18ClNO. The molecule has 0 heterocycles. The molecule has 0 saturated heterocycles. The summed E-state index contributed by atoms with van der Waals surface area (Å²) in [5, 5.41) is 4.16. The zero-order valence-electron chi connectivity index (χ0n) is 9.46. The van der Waals surface area contributed by atoms with E-state index in [0.29, 0.717) is 0 Å². The Morgan fingerprint density at radius 3 is 2.40 bits per heavy atom. The number of likely N-dealkylation sites (N-methyl/N-ethyl adjacent to an activating group) is 1. The van der Waals surface area contributed by atoms with Gasteiger partial charge in [0.1, 0.15) is 0 Å². The topological polar surface area (TPSA) is 21.3 Å². The third-order valence-electron chi connectivity index (χ3n) is 2.49. The van der Waals surface area contributed by atoms with Gasteiger partial charge in [-0.15, -0.1) is 0 Å². The number of rotatable bonds is 5. The SMILES string of the molecule is CCNC(c1ccc(Cl)cc1)C(C)OC. The van der Waals surface area contributed by atoms with Gasteiger partial charge in [0.25, 0.3) is 0 Å². The van der Waals surface area contributed by atoms with Gasteiger partial charge in [-0.1, -0.05) is 30.7 Å². The van der Waals surface area contributed by atoms with Gasteiger partial charge in [-0.2, -0.15) is 0 Å². The molecule has 0 radical (unpaired) electrons. The van der Waals surface area contributed by atoms with Crippen molar-refractivity contribution in [2.45, 2.75) is 26.0 Å². The molecule has 0 aliphatic carbocycles.